The molecular weight excluding hydrogens is 712 g/mol. The number of carbonyl (C=O) groups excluding carboxylic acids is 1. The van der Waals surface area contributed by atoms with Gasteiger partial charge in [0, 0.05) is 66.3 Å². The van der Waals surface area contributed by atoms with Crippen molar-refractivity contribution in [3.63, 3.8) is 0 Å². The smallest absolute Gasteiger partial charge is 0.393 e. The van der Waals surface area contributed by atoms with Crippen LogP contribution in [0.25, 0.3) is 21.1 Å². The Bertz CT molecular complexity index is 2290. The van der Waals surface area contributed by atoms with E-state index in [1.807, 2.05) is 30.3 Å². The number of alkyl halides is 3. The van der Waals surface area contributed by atoms with Gasteiger partial charge in [-0.1, -0.05) is 31.2 Å². The molecule has 282 valence electrons. The van der Waals surface area contributed by atoms with Gasteiger partial charge in [-0.3, -0.25) is 9.69 Å². The molecule has 1 aliphatic heterocycles. The number of benzene rings is 2. The Kier molecular flexibility index (Phi) is 9.00. The Hall–Kier alpha value is -4.87. The van der Waals surface area contributed by atoms with Crippen LogP contribution in [-0.4, -0.2) is 63.2 Å². The first kappa shape index (κ1) is 36.1. The summed E-state index contributed by atoms with van der Waals surface area (Å²) in [4.78, 5) is 25.1. The molecule has 0 unspecified atom stereocenters. The van der Waals surface area contributed by atoms with Crippen molar-refractivity contribution in [1.82, 2.24) is 24.8 Å². The number of amides is 1. The van der Waals surface area contributed by atoms with Crippen molar-refractivity contribution < 1.29 is 18.0 Å². The van der Waals surface area contributed by atoms with Gasteiger partial charge >= 0.3 is 6.18 Å². The van der Waals surface area contributed by atoms with E-state index in [0.29, 0.717) is 39.3 Å². The number of aromatic nitrogens is 3. The van der Waals surface area contributed by atoms with Crippen molar-refractivity contribution in [1.29, 1.82) is 5.26 Å². The minimum atomic E-state index is -4.29. The maximum absolute atomic E-state index is 13.1. The van der Waals surface area contributed by atoms with Gasteiger partial charge in [0.1, 0.15) is 22.4 Å². The molecule has 54 heavy (non-hydrogen) atoms. The summed E-state index contributed by atoms with van der Waals surface area (Å²) < 4.78 is 41.5. The second-order valence-electron chi connectivity index (χ2n) is 15.6. The third-order valence-corrected chi connectivity index (χ3v) is 13.3. The first-order chi connectivity index (χ1) is 25.8. The largest absolute Gasteiger partial charge is 0.398 e. The fourth-order valence-corrected chi connectivity index (χ4v) is 10.3. The number of nitriles is 1. The molecule has 5 N–H and O–H groups in total. The summed E-state index contributed by atoms with van der Waals surface area (Å²) in [6, 6.07) is 18.0. The van der Waals surface area contributed by atoms with Crippen LogP contribution in [0.2, 0.25) is 0 Å². The second kappa shape index (κ2) is 13.5. The maximum atomic E-state index is 13.1. The second-order valence-corrected chi connectivity index (χ2v) is 16.7. The van der Waals surface area contributed by atoms with Gasteiger partial charge in [0.15, 0.2) is 0 Å². The molecule has 5 aromatic rings. The Balaban J connectivity index is 0.903. The molecular formula is C40H44F3N9OS. The number of likely N-dealkylation sites (tertiary alicyclic amines) is 1. The molecule has 1 saturated heterocycles. The Morgan fingerprint density at radius 1 is 1.09 bits per heavy atom. The number of rotatable bonds is 11. The summed E-state index contributed by atoms with van der Waals surface area (Å²) in [7, 11) is 1.70. The zero-order valence-corrected chi connectivity index (χ0v) is 31.4. The van der Waals surface area contributed by atoms with Crippen LogP contribution in [0.4, 0.5) is 30.6 Å². The molecule has 3 aliphatic carbocycles. The number of aryl methyl sites for hydroxylation is 1. The van der Waals surface area contributed by atoms with Gasteiger partial charge in [0.25, 0.3) is 0 Å². The van der Waals surface area contributed by atoms with E-state index in [2.05, 4.69) is 67.4 Å². The molecule has 0 radical (unpaired) electrons. The predicted molar refractivity (Wildman–Crippen MR) is 206 cm³/mol. The van der Waals surface area contributed by atoms with Crippen molar-refractivity contribution in [3.8, 4) is 6.07 Å². The normalized spacial score (nSPS) is 22.8. The summed E-state index contributed by atoms with van der Waals surface area (Å²) in [6.07, 6.45) is -1.49. The van der Waals surface area contributed by atoms with Crippen molar-refractivity contribution in [2.75, 3.05) is 36.5 Å². The van der Waals surface area contributed by atoms with Crippen molar-refractivity contribution in [2.24, 2.45) is 11.3 Å². The Morgan fingerprint density at radius 2 is 1.85 bits per heavy atom. The fraction of sp³-hybridized carbons (Fsp3) is 0.450. The van der Waals surface area contributed by atoms with E-state index >= 15 is 0 Å². The van der Waals surface area contributed by atoms with Crippen LogP contribution in [0.15, 0.2) is 48.5 Å². The van der Waals surface area contributed by atoms with Crippen LogP contribution in [0.3, 0.4) is 0 Å². The number of nitrogens with zero attached hydrogens (tertiary/aromatic N) is 5. The molecule has 9 rings (SSSR count). The molecule has 2 bridgehead atoms. The number of nitrogen functional groups attached to an aromatic ring is 1. The lowest BCUT2D eigenvalue weighted by Crippen LogP contribution is -2.81. The van der Waals surface area contributed by atoms with Gasteiger partial charge < -0.3 is 26.3 Å². The first-order valence-electron chi connectivity index (χ1n) is 18.5. The topological polar surface area (TPSA) is 137 Å². The summed E-state index contributed by atoms with van der Waals surface area (Å²) >= 11 is 1.05. The highest BCUT2D eigenvalue weighted by Gasteiger charge is 2.74. The molecule has 2 aromatic carbocycles. The molecule has 0 spiro atoms. The fourth-order valence-electron chi connectivity index (χ4n) is 9.19. The van der Waals surface area contributed by atoms with Gasteiger partial charge in [-0.25, -0.2) is 4.98 Å². The van der Waals surface area contributed by atoms with Crippen LogP contribution in [0, 0.1) is 29.6 Å². The highest BCUT2D eigenvalue weighted by atomic mass is 32.1. The van der Waals surface area contributed by atoms with Gasteiger partial charge in [-0.05, 0) is 84.9 Å². The molecule has 3 saturated carbocycles. The van der Waals surface area contributed by atoms with Crippen LogP contribution in [0.1, 0.15) is 59.9 Å². The summed E-state index contributed by atoms with van der Waals surface area (Å²) in [6.45, 7) is 7.59. The SMILES string of the molecule is CNc1nc(NC2CCN(Cc3ccc4c(cc(C#N)n4CC45CC(NC(=O)Cc6ccccc6N)(C4)[C@H]5C)c3C)CC2)c2cc(CC(F)(F)F)sc2n1. The van der Waals surface area contributed by atoms with Crippen molar-refractivity contribution >= 4 is 55.8 Å². The quantitative estimate of drug-likeness (QED) is 0.104. The number of halogens is 3. The highest BCUT2D eigenvalue weighted by Crippen LogP contribution is 2.72. The lowest BCUT2D eigenvalue weighted by Gasteiger charge is -2.76. The maximum Gasteiger partial charge on any atom is 0.393 e. The summed E-state index contributed by atoms with van der Waals surface area (Å²) in [5.41, 5.74) is 11.5. The van der Waals surface area contributed by atoms with Gasteiger partial charge in [0.05, 0.1) is 18.2 Å². The molecule has 14 heteroatoms. The minimum absolute atomic E-state index is 0.00382. The number of thiophene rings is 1. The van der Waals surface area contributed by atoms with Crippen molar-refractivity contribution in [3.05, 3.63) is 75.8 Å². The van der Waals surface area contributed by atoms with Gasteiger partial charge in [0.2, 0.25) is 11.9 Å². The third kappa shape index (κ3) is 6.51. The van der Waals surface area contributed by atoms with E-state index < -0.39 is 12.6 Å². The standard InChI is InChI=1S/C40H44F3N9OS/c1-23-26(19-51-12-10-27(11-13-51)47-35-31-16-29(17-40(41,42)43)54-36(31)49-37(46-3)48-35)8-9-33-30(23)15-28(18-44)52(33)22-38-20-39(21-38,24(38)2)50-34(53)14-25-6-4-5-7-32(25)45/h4-9,15-16,24,27H,10-14,17,19-22,45H2,1-3H3,(H,50,53)(H2,46,47,48,49)/t24-,38?,39?/m0/s1. The number of anilines is 3. The average Bonchev–Trinajstić information content (AvgIpc) is 3.70. The van der Waals surface area contributed by atoms with E-state index in [-0.39, 0.29) is 34.2 Å². The minimum Gasteiger partial charge on any atom is -0.398 e. The van der Waals surface area contributed by atoms with Crippen LogP contribution in [-0.2, 0) is 30.7 Å². The molecule has 1 amide bonds. The molecule has 4 fully saturated rings. The molecule has 4 heterocycles. The van der Waals surface area contributed by atoms with Gasteiger partial charge in [-0.15, -0.1) is 11.3 Å². The molecule has 1 atom stereocenters. The van der Waals surface area contributed by atoms with E-state index in [1.165, 1.54) is 11.1 Å². The number of nitrogens with two attached hydrogens (primary N) is 1. The number of fused-ring (bicyclic) bond motifs is 2. The zero-order chi connectivity index (χ0) is 38.0. The monoisotopic (exact) mass is 755 g/mol. The highest BCUT2D eigenvalue weighted by molar-refractivity contribution is 7.18. The Morgan fingerprint density at radius 3 is 2.54 bits per heavy atom. The summed E-state index contributed by atoms with van der Waals surface area (Å²) in [5.74, 6) is 1.23. The van der Waals surface area contributed by atoms with Crippen LogP contribution < -0.4 is 21.7 Å². The summed E-state index contributed by atoms with van der Waals surface area (Å²) in [5, 5.41) is 21.7. The molecule has 10 nitrogen and oxygen atoms in total. The number of para-hydroxylation sites is 1. The van der Waals surface area contributed by atoms with Crippen LogP contribution >= 0.6 is 11.3 Å². The zero-order valence-electron chi connectivity index (χ0n) is 30.6. The Labute approximate surface area is 315 Å². The number of carbonyl (C=O) groups is 1. The first-order valence-corrected chi connectivity index (χ1v) is 19.3. The van der Waals surface area contributed by atoms with Crippen molar-refractivity contribution in [2.45, 2.75) is 83.2 Å². The van der Waals surface area contributed by atoms with E-state index in [1.54, 1.807) is 13.1 Å². The molecule has 3 aromatic heterocycles. The van der Waals surface area contributed by atoms with E-state index in [9.17, 15) is 23.2 Å². The van der Waals surface area contributed by atoms with E-state index in [4.69, 9.17) is 5.73 Å². The lowest BCUT2D eigenvalue weighted by molar-refractivity contribution is -0.228. The lowest BCUT2D eigenvalue weighted by atomic mass is 9.33. The number of hydrogen-bond donors (Lipinski definition) is 4. The predicted octanol–water partition coefficient (Wildman–Crippen LogP) is 7.16. The number of piperidine rings is 1. The van der Waals surface area contributed by atoms with Gasteiger partial charge in [-0.2, -0.15) is 23.4 Å². The molecule has 4 aliphatic rings. The van der Waals surface area contributed by atoms with E-state index in [0.717, 1.165) is 79.7 Å². The number of hydrogen-bond acceptors (Lipinski definition) is 9. The van der Waals surface area contributed by atoms with Crippen LogP contribution in [0.5, 0.6) is 0 Å². The average molecular weight is 756 g/mol. The third-order valence-electron chi connectivity index (χ3n) is 12.3. The number of nitrogens with one attached hydrogen (secondary N) is 3.